The first-order chi connectivity index (χ1) is 11.4. The summed E-state index contributed by atoms with van der Waals surface area (Å²) in [4.78, 5) is 36.6. The van der Waals surface area contributed by atoms with Crippen LogP contribution in [-0.2, 0) is 16.1 Å². The number of carboxylic acids is 1. The fraction of sp³-hybridized carbons (Fsp3) is 0.500. The third kappa shape index (κ3) is 4.57. The van der Waals surface area contributed by atoms with Crippen molar-refractivity contribution in [2.75, 3.05) is 14.1 Å². The average molecular weight is 332 g/mol. The molecule has 1 fully saturated rings. The van der Waals surface area contributed by atoms with E-state index in [1.54, 1.807) is 26.2 Å². The first-order valence-corrected chi connectivity index (χ1v) is 8.19. The van der Waals surface area contributed by atoms with E-state index < -0.39 is 11.9 Å². The summed E-state index contributed by atoms with van der Waals surface area (Å²) in [7, 11) is 3.40. The Labute approximate surface area is 141 Å². The van der Waals surface area contributed by atoms with E-state index >= 15 is 0 Å². The molecule has 1 saturated carbocycles. The quantitative estimate of drug-likeness (QED) is 0.862. The number of carbonyl (C=O) groups is 3. The van der Waals surface area contributed by atoms with Gasteiger partial charge in [0.05, 0.1) is 5.92 Å². The van der Waals surface area contributed by atoms with E-state index in [-0.39, 0.29) is 17.7 Å². The van der Waals surface area contributed by atoms with Gasteiger partial charge in [-0.05, 0) is 37.0 Å². The van der Waals surface area contributed by atoms with E-state index in [9.17, 15) is 14.4 Å². The molecule has 130 valence electrons. The van der Waals surface area contributed by atoms with E-state index in [0.29, 0.717) is 24.9 Å². The predicted octanol–water partition coefficient (Wildman–Crippen LogP) is 1.90. The molecule has 1 aromatic rings. The van der Waals surface area contributed by atoms with Gasteiger partial charge in [-0.3, -0.25) is 14.4 Å². The minimum absolute atomic E-state index is 0.0625. The molecule has 0 bridgehead atoms. The van der Waals surface area contributed by atoms with E-state index in [0.717, 1.165) is 18.4 Å². The van der Waals surface area contributed by atoms with Crippen LogP contribution >= 0.6 is 0 Å². The number of carbonyl (C=O) groups excluding carboxylic acids is 2. The molecular formula is C18H24N2O4. The van der Waals surface area contributed by atoms with Crippen LogP contribution in [0, 0.1) is 11.8 Å². The molecule has 1 aliphatic rings. The van der Waals surface area contributed by atoms with E-state index in [2.05, 4.69) is 5.32 Å². The molecular weight excluding hydrogens is 308 g/mol. The molecule has 2 rings (SSSR count). The smallest absolute Gasteiger partial charge is 0.306 e. The number of hydrogen-bond acceptors (Lipinski definition) is 3. The summed E-state index contributed by atoms with van der Waals surface area (Å²) < 4.78 is 0. The summed E-state index contributed by atoms with van der Waals surface area (Å²) in [5.41, 5.74) is 1.51. The maximum atomic E-state index is 12.2. The standard InChI is InChI=1S/C18H24N2O4/c1-20(2)17(22)13-8-6-12(7-9-13)11-19-16(21)14-4-3-5-15(10-14)18(23)24/h6-9,14-15H,3-5,10-11H2,1-2H3,(H,19,21)(H,23,24). The Morgan fingerprint density at radius 3 is 2.33 bits per heavy atom. The van der Waals surface area contributed by atoms with Gasteiger partial charge in [0.25, 0.3) is 5.91 Å². The van der Waals surface area contributed by atoms with Crippen molar-refractivity contribution in [2.45, 2.75) is 32.2 Å². The van der Waals surface area contributed by atoms with E-state index in [1.165, 1.54) is 4.90 Å². The fourth-order valence-electron chi connectivity index (χ4n) is 3.01. The molecule has 0 heterocycles. The molecule has 2 atom stereocenters. The number of carboxylic acid groups (broad SMARTS) is 1. The van der Waals surface area contributed by atoms with Gasteiger partial charge in [-0.1, -0.05) is 18.6 Å². The lowest BCUT2D eigenvalue weighted by atomic mass is 9.81. The zero-order chi connectivity index (χ0) is 17.7. The highest BCUT2D eigenvalue weighted by Gasteiger charge is 2.30. The second-order valence-corrected chi connectivity index (χ2v) is 6.51. The van der Waals surface area contributed by atoms with Crippen molar-refractivity contribution >= 4 is 17.8 Å². The molecule has 0 radical (unpaired) electrons. The van der Waals surface area contributed by atoms with Gasteiger partial charge in [-0.25, -0.2) is 0 Å². The summed E-state index contributed by atoms with van der Waals surface area (Å²) in [6.07, 6.45) is 2.58. The summed E-state index contributed by atoms with van der Waals surface area (Å²) in [5, 5.41) is 12.0. The Hall–Kier alpha value is -2.37. The van der Waals surface area contributed by atoms with Crippen LogP contribution in [-0.4, -0.2) is 41.9 Å². The van der Waals surface area contributed by atoms with Crippen molar-refractivity contribution in [2.24, 2.45) is 11.8 Å². The lowest BCUT2D eigenvalue weighted by molar-refractivity contribution is -0.144. The van der Waals surface area contributed by atoms with Gasteiger partial charge >= 0.3 is 5.97 Å². The fourth-order valence-corrected chi connectivity index (χ4v) is 3.01. The Morgan fingerprint density at radius 1 is 1.12 bits per heavy atom. The number of aliphatic carboxylic acids is 1. The molecule has 1 aromatic carbocycles. The molecule has 0 aromatic heterocycles. The number of hydrogen-bond donors (Lipinski definition) is 2. The SMILES string of the molecule is CN(C)C(=O)c1ccc(CNC(=O)C2CCCC(C(=O)O)C2)cc1. The number of rotatable bonds is 5. The second-order valence-electron chi connectivity index (χ2n) is 6.51. The lowest BCUT2D eigenvalue weighted by Gasteiger charge is -2.25. The summed E-state index contributed by atoms with van der Waals surface area (Å²) in [5.74, 6) is -1.60. The van der Waals surface area contributed by atoms with Crippen molar-refractivity contribution in [3.63, 3.8) is 0 Å². The third-order valence-electron chi connectivity index (χ3n) is 4.47. The maximum Gasteiger partial charge on any atom is 0.306 e. The highest BCUT2D eigenvalue weighted by molar-refractivity contribution is 5.93. The van der Waals surface area contributed by atoms with Gasteiger partial charge in [-0.2, -0.15) is 0 Å². The van der Waals surface area contributed by atoms with Crippen LogP contribution in [0.5, 0.6) is 0 Å². The van der Waals surface area contributed by atoms with Crippen molar-refractivity contribution in [3.05, 3.63) is 35.4 Å². The van der Waals surface area contributed by atoms with Gasteiger partial charge in [0.2, 0.25) is 5.91 Å². The number of nitrogens with one attached hydrogen (secondary N) is 1. The monoisotopic (exact) mass is 332 g/mol. The van der Waals surface area contributed by atoms with Crippen LogP contribution in [0.3, 0.4) is 0 Å². The molecule has 2 unspecified atom stereocenters. The van der Waals surface area contributed by atoms with Gasteiger partial charge in [0.1, 0.15) is 0 Å². The number of benzene rings is 1. The Bertz CT molecular complexity index is 610. The summed E-state index contributed by atoms with van der Waals surface area (Å²) >= 11 is 0. The molecule has 24 heavy (non-hydrogen) atoms. The molecule has 1 aliphatic carbocycles. The summed E-state index contributed by atoms with van der Waals surface area (Å²) in [6, 6.07) is 7.12. The van der Waals surface area contributed by atoms with Crippen molar-refractivity contribution in [1.29, 1.82) is 0 Å². The number of nitrogens with zero attached hydrogens (tertiary/aromatic N) is 1. The lowest BCUT2D eigenvalue weighted by Crippen LogP contribution is -2.35. The highest BCUT2D eigenvalue weighted by atomic mass is 16.4. The second kappa shape index (κ2) is 7.95. The zero-order valence-corrected chi connectivity index (χ0v) is 14.1. The Kier molecular flexibility index (Phi) is 5.95. The molecule has 2 amide bonds. The van der Waals surface area contributed by atoms with Gasteiger partial charge < -0.3 is 15.3 Å². The van der Waals surface area contributed by atoms with Crippen molar-refractivity contribution < 1.29 is 19.5 Å². The molecule has 6 nitrogen and oxygen atoms in total. The van der Waals surface area contributed by atoms with Crippen LogP contribution in [0.2, 0.25) is 0 Å². The van der Waals surface area contributed by atoms with Crippen LogP contribution < -0.4 is 5.32 Å². The van der Waals surface area contributed by atoms with Crippen LogP contribution in [0.15, 0.2) is 24.3 Å². The molecule has 0 saturated heterocycles. The topological polar surface area (TPSA) is 86.7 Å². The van der Waals surface area contributed by atoms with Crippen LogP contribution in [0.1, 0.15) is 41.6 Å². The van der Waals surface area contributed by atoms with Gasteiger partial charge in [-0.15, -0.1) is 0 Å². The minimum atomic E-state index is -0.811. The van der Waals surface area contributed by atoms with E-state index in [4.69, 9.17) is 5.11 Å². The average Bonchev–Trinajstić information content (AvgIpc) is 2.59. The summed E-state index contributed by atoms with van der Waals surface area (Å²) in [6.45, 7) is 0.378. The van der Waals surface area contributed by atoms with Crippen LogP contribution in [0.25, 0.3) is 0 Å². The first kappa shape index (κ1) is 18.0. The van der Waals surface area contributed by atoms with Gasteiger partial charge in [0.15, 0.2) is 0 Å². The number of amides is 2. The zero-order valence-electron chi connectivity index (χ0n) is 14.1. The normalized spacial score (nSPS) is 20.2. The Balaban J connectivity index is 1.87. The molecule has 0 spiro atoms. The van der Waals surface area contributed by atoms with Crippen molar-refractivity contribution in [1.82, 2.24) is 10.2 Å². The largest absolute Gasteiger partial charge is 0.481 e. The van der Waals surface area contributed by atoms with Gasteiger partial charge in [0, 0.05) is 32.1 Å². The first-order valence-electron chi connectivity index (χ1n) is 8.19. The molecule has 6 heteroatoms. The minimum Gasteiger partial charge on any atom is -0.481 e. The van der Waals surface area contributed by atoms with E-state index in [1.807, 2.05) is 12.1 Å². The maximum absolute atomic E-state index is 12.2. The van der Waals surface area contributed by atoms with Crippen LogP contribution in [0.4, 0.5) is 0 Å². The molecule has 0 aliphatic heterocycles. The third-order valence-corrected chi connectivity index (χ3v) is 4.47. The Morgan fingerprint density at radius 2 is 1.75 bits per heavy atom. The highest BCUT2D eigenvalue weighted by Crippen LogP contribution is 2.29. The predicted molar refractivity (Wildman–Crippen MR) is 89.4 cm³/mol. The van der Waals surface area contributed by atoms with Crippen molar-refractivity contribution in [3.8, 4) is 0 Å². The molecule has 2 N–H and O–H groups in total.